The number of carbonyl (C=O) groups excluding carboxylic acids is 3. The smallest absolute Gasteiger partial charge is 0.319 e. The highest BCUT2D eigenvalue weighted by molar-refractivity contribution is 6.11. The van der Waals surface area contributed by atoms with E-state index in [-0.39, 0.29) is 18.5 Å². The first-order valence-corrected chi connectivity index (χ1v) is 10.7. The largest absolute Gasteiger partial charge is 0.325 e. The van der Waals surface area contributed by atoms with Crippen LogP contribution in [0.4, 0.5) is 14.9 Å². The summed E-state index contributed by atoms with van der Waals surface area (Å²) in [5.41, 5.74) is 1.14. The Bertz CT molecular complexity index is 1020. The van der Waals surface area contributed by atoms with Crippen molar-refractivity contribution in [3.8, 4) is 0 Å². The zero-order valence-corrected chi connectivity index (χ0v) is 17.7. The van der Waals surface area contributed by atoms with Gasteiger partial charge in [-0.3, -0.25) is 14.5 Å². The molecule has 1 saturated heterocycles. The molecule has 2 aromatic rings. The van der Waals surface area contributed by atoms with Crippen LogP contribution in [0.3, 0.4) is 0 Å². The highest BCUT2D eigenvalue weighted by atomic mass is 19.1. The van der Waals surface area contributed by atoms with Crippen molar-refractivity contribution < 1.29 is 18.8 Å². The van der Waals surface area contributed by atoms with E-state index in [1.54, 1.807) is 4.90 Å². The Labute approximate surface area is 181 Å². The van der Waals surface area contributed by atoms with Crippen molar-refractivity contribution in [2.75, 3.05) is 11.4 Å². The van der Waals surface area contributed by atoms with Gasteiger partial charge in [0, 0.05) is 11.7 Å². The van der Waals surface area contributed by atoms with Gasteiger partial charge in [0.2, 0.25) is 5.91 Å². The molecule has 0 bridgehead atoms. The van der Waals surface area contributed by atoms with E-state index >= 15 is 0 Å². The summed E-state index contributed by atoms with van der Waals surface area (Å²) in [5, 5.41) is 2.81. The fourth-order valence-electron chi connectivity index (χ4n) is 4.61. The van der Waals surface area contributed by atoms with Crippen LogP contribution in [0, 0.1) is 5.82 Å². The van der Waals surface area contributed by atoms with Gasteiger partial charge in [0.05, 0.1) is 0 Å². The number of amides is 4. The zero-order chi connectivity index (χ0) is 22.2. The number of nitrogens with one attached hydrogen (secondary N) is 1. The third-order valence-electron chi connectivity index (χ3n) is 6.19. The second-order valence-electron chi connectivity index (χ2n) is 8.28. The highest BCUT2D eigenvalue weighted by Gasteiger charge is 2.52. The van der Waals surface area contributed by atoms with Gasteiger partial charge in [0.1, 0.15) is 17.9 Å². The second-order valence-corrected chi connectivity index (χ2v) is 8.28. The van der Waals surface area contributed by atoms with Crippen LogP contribution in [0.2, 0.25) is 0 Å². The lowest BCUT2D eigenvalue weighted by Gasteiger charge is -2.28. The van der Waals surface area contributed by atoms with Crippen LogP contribution in [0.5, 0.6) is 0 Å². The van der Waals surface area contributed by atoms with Crippen LogP contribution < -0.4 is 10.2 Å². The Hall–Kier alpha value is -3.22. The molecule has 2 aliphatic heterocycles. The van der Waals surface area contributed by atoms with Crippen LogP contribution in [0.25, 0.3) is 0 Å². The van der Waals surface area contributed by atoms with Crippen molar-refractivity contribution in [2.24, 2.45) is 0 Å². The molecule has 0 unspecified atom stereocenters. The molecule has 2 aromatic carbocycles. The number of fused-ring (bicyclic) bond motifs is 1. The van der Waals surface area contributed by atoms with Gasteiger partial charge in [0.15, 0.2) is 0 Å². The molecule has 0 spiro atoms. The van der Waals surface area contributed by atoms with Crippen LogP contribution >= 0.6 is 0 Å². The number of hydrogen-bond acceptors (Lipinski definition) is 3. The molecular weight excluding hydrogens is 397 g/mol. The minimum atomic E-state index is -1.28. The molecule has 7 heteroatoms. The molecule has 0 aliphatic carbocycles. The van der Waals surface area contributed by atoms with E-state index in [1.165, 1.54) is 24.3 Å². The Balaban J connectivity index is 1.61. The quantitative estimate of drug-likeness (QED) is 0.720. The average molecular weight is 423 g/mol. The number of carbonyl (C=O) groups is 3. The SMILES string of the molecule is CCCC[C@]1(c2ccc(F)cc2)NC(=O)N(CC(=O)N2c3ccccc3C[C@@H]2C)C1=O. The average Bonchev–Trinajstić information content (AvgIpc) is 3.21. The summed E-state index contributed by atoms with van der Waals surface area (Å²) in [6, 6.07) is 12.6. The van der Waals surface area contributed by atoms with Gasteiger partial charge >= 0.3 is 6.03 Å². The van der Waals surface area contributed by atoms with Crippen molar-refractivity contribution in [1.82, 2.24) is 10.2 Å². The number of unbranched alkanes of at least 4 members (excludes halogenated alkanes) is 1. The van der Waals surface area contributed by atoms with E-state index in [9.17, 15) is 18.8 Å². The topological polar surface area (TPSA) is 69.7 Å². The van der Waals surface area contributed by atoms with Gasteiger partial charge in [-0.05, 0) is 49.1 Å². The van der Waals surface area contributed by atoms with Gasteiger partial charge in [-0.2, -0.15) is 0 Å². The predicted molar refractivity (Wildman–Crippen MR) is 115 cm³/mol. The van der Waals surface area contributed by atoms with Crippen molar-refractivity contribution in [3.63, 3.8) is 0 Å². The van der Waals surface area contributed by atoms with Gasteiger partial charge in [0.25, 0.3) is 5.91 Å². The van der Waals surface area contributed by atoms with Crippen LogP contribution in [-0.2, 0) is 21.5 Å². The van der Waals surface area contributed by atoms with E-state index in [1.807, 2.05) is 38.1 Å². The minimum Gasteiger partial charge on any atom is -0.319 e. The monoisotopic (exact) mass is 423 g/mol. The number of urea groups is 1. The van der Waals surface area contributed by atoms with Crippen molar-refractivity contribution in [1.29, 1.82) is 0 Å². The first-order chi connectivity index (χ1) is 14.9. The fraction of sp³-hybridized carbons (Fsp3) is 0.375. The molecule has 6 nitrogen and oxygen atoms in total. The lowest BCUT2D eigenvalue weighted by atomic mass is 9.85. The Morgan fingerprint density at radius 2 is 1.87 bits per heavy atom. The molecule has 162 valence electrons. The summed E-state index contributed by atoms with van der Waals surface area (Å²) in [6.07, 6.45) is 2.64. The van der Waals surface area contributed by atoms with Crippen molar-refractivity contribution in [2.45, 2.75) is 51.1 Å². The Morgan fingerprint density at radius 3 is 2.58 bits per heavy atom. The summed E-state index contributed by atoms with van der Waals surface area (Å²) < 4.78 is 13.5. The number of rotatable bonds is 6. The summed E-state index contributed by atoms with van der Waals surface area (Å²) in [7, 11) is 0. The molecule has 0 aromatic heterocycles. The molecule has 31 heavy (non-hydrogen) atoms. The number of nitrogens with zero attached hydrogens (tertiary/aromatic N) is 2. The normalized spacial score (nSPS) is 22.6. The maximum absolute atomic E-state index is 13.5. The van der Waals surface area contributed by atoms with Gasteiger partial charge in [-0.25, -0.2) is 9.18 Å². The standard InChI is InChI=1S/C24H26FN3O3/c1-3-4-13-24(18-9-11-19(25)12-10-18)22(30)27(23(31)26-24)15-21(29)28-16(2)14-17-7-5-6-8-20(17)28/h5-12,16H,3-4,13-15H2,1-2H3,(H,26,31)/t16-,24+/m0/s1. The molecule has 4 amide bonds. The Kier molecular flexibility index (Phi) is 5.52. The highest BCUT2D eigenvalue weighted by Crippen LogP contribution is 2.36. The van der Waals surface area contributed by atoms with Gasteiger partial charge < -0.3 is 10.2 Å². The molecule has 1 N–H and O–H groups in total. The first kappa shape index (κ1) is 21.0. The summed E-state index contributed by atoms with van der Waals surface area (Å²) >= 11 is 0. The Morgan fingerprint density at radius 1 is 1.16 bits per heavy atom. The number of imide groups is 1. The maximum atomic E-state index is 13.5. The molecule has 4 rings (SSSR count). The molecule has 2 atom stereocenters. The van der Waals surface area contributed by atoms with Crippen LogP contribution in [0.15, 0.2) is 48.5 Å². The molecular formula is C24H26FN3O3. The third-order valence-corrected chi connectivity index (χ3v) is 6.19. The first-order valence-electron chi connectivity index (χ1n) is 10.7. The fourth-order valence-corrected chi connectivity index (χ4v) is 4.61. The minimum absolute atomic E-state index is 0.0485. The number of para-hydroxylation sites is 1. The second kappa shape index (κ2) is 8.13. The van der Waals surface area contributed by atoms with E-state index in [2.05, 4.69) is 5.32 Å². The summed E-state index contributed by atoms with van der Waals surface area (Å²) in [5.74, 6) is -1.18. The van der Waals surface area contributed by atoms with E-state index in [0.717, 1.165) is 29.0 Å². The van der Waals surface area contributed by atoms with Crippen LogP contribution in [0.1, 0.15) is 44.2 Å². The van der Waals surface area contributed by atoms with E-state index in [4.69, 9.17) is 0 Å². The predicted octanol–water partition coefficient (Wildman–Crippen LogP) is 3.74. The third kappa shape index (κ3) is 3.58. The molecule has 2 aliphatic rings. The number of halogens is 1. The van der Waals surface area contributed by atoms with Crippen molar-refractivity contribution in [3.05, 3.63) is 65.5 Å². The van der Waals surface area contributed by atoms with Gasteiger partial charge in [-0.15, -0.1) is 0 Å². The summed E-state index contributed by atoms with van der Waals surface area (Å²) in [6.45, 7) is 3.61. The van der Waals surface area contributed by atoms with Crippen molar-refractivity contribution >= 4 is 23.5 Å². The van der Waals surface area contributed by atoms with E-state index in [0.29, 0.717) is 18.4 Å². The summed E-state index contributed by atoms with van der Waals surface area (Å²) in [4.78, 5) is 42.2. The molecule has 0 radical (unpaired) electrons. The molecule has 1 fully saturated rings. The van der Waals surface area contributed by atoms with Gasteiger partial charge in [-0.1, -0.05) is 50.1 Å². The number of benzene rings is 2. The number of hydrogen-bond donors (Lipinski definition) is 1. The zero-order valence-electron chi connectivity index (χ0n) is 17.7. The van der Waals surface area contributed by atoms with Crippen LogP contribution in [-0.4, -0.2) is 35.3 Å². The lowest BCUT2D eigenvalue weighted by Crippen LogP contribution is -2.47. The lowest BCUT2D eigenvalue weighted by molar-refractivity contribution is -0.135. The molecule has 2 heterocycles. The maximum Gasteiger partial charge on any atom is 0.325 e. The molecule has 0 saturated carbocycles. The van der Waals surface area contributed by atoms with E-state index < -0.39 is 23.3 Å². The number of anilines is 1.